The number of hydrogen-bond donors (Lipinski definition) is 0. The number of oxime groups is 1. The molecule has 7 heteroatoms. The lowest BCUT2D eigenvalue weighted by atomic mass is 10.1. The molecule has 152 valence electrons. The van der Waals surface area contributed by atoms with Gasteiger partial charge >= 0.3 is 0 Å². The fourth-order valence-electron chi connectivity index (χ4n) is 2.65. The second-order valence-electron chi connectivity index (χ2n) is 6.23. The highest BCUT2D eigenvalue weighted by Crippen LogP contribution is 2.37. The minimum absolute atomic E-state index is 0.215. The van der Waals surface area contributed by atoms with Crippen molar-refractivity contribution in [2.45, 2.75) is 13.2 Å². The zero-order chi connectivity index (χ0) is 21.3. The molecule has 3 aromatic rings. The van der Waals surface area contributed by atoms with Crippen LogP contribution in [0.15, 0.2) is 74.8 Å². The molecule has 30 heavy (non-hydrogen) atoms. The number of halogens is 2. The molecule has 0 aliphatic carbocycles. The van der Waals surface area contributed by atoms with Crippen LogP contribution in [0.25, 0.3) is 0 Å². The van der Waals surface area contributed by atoms with E-state index in [0.717, 1.165) is 25.6 Å². The van der Waals surface area contributed by atoms with Gasteiger partial charge in [0.1, 0.15) is 13.2 Å². The number of nitrogens with zero attached hydrogens (tertiary/aromatic N) is 2. The Morgan fingerprint density at radius 1 is 1.03 bits per heavy atom. The van der Waals surface area contributed by atoms with E-state index in [9.17, 15) is 0 Å². The van der Waals surface area contributed by atoms with Crippen molar-refractivity contribution in [1.82, 2.24) is 0 Å². The van der Waals surface area contributed by atoms with Crippen molar-refractivity contribution in [3.05, 3.63) is 91.9 Å². The van der Waals surface area contributed by atoms with Crippen LogP contribution >= 0.6 is 31.9 Å². The van der Waals surface area contributed by atoms with E-state index in [1.165, 1.54) is 0 Å². The fraction of sp³-hybridized carbons (Fsp3) is 0.130. The molecule has 0 aromatic heterocycles. The molecule has 0 atom stereocenters. The van der Waals surface area contributed by atoms with Crippen LogP contribution in [0.3, 0.4) is 0 Å². The molecule has 0 amide bonds. The SMILES string of the molecule is COc1cc(/C=N\OCc2ccccc2C#N)cc(Br)c1OCc1ccc(Br)cc1. The first kappa shape index (κ1) is 21.9. The normalized spacial score (nSPS) is 10.6. The quantitative estimate of drug-likeness (QED) is 0.256. The molecule has 5 nitrogen and oxygen atoms in total. The van der Waals surface area contributed by atoms with Gasteiger partial charge < -0.3 is 14.3 Å². The van der Waals surface area contributed by atoms with Gasteiger partial charge in [0.15, 0.2) is 11.5 Å². The molecule has 0 radical (unpaired) electrons. The summed E-state index contributed by atoms with van der Waals surface area (Å²) in [5.74, 6) is 1.19. The smallest absolute Gasteiger partial charge is 0.175 e. The lowest BCUT2D eigenvalue weighted by molar-refractivity contribution is 0.132. The van der Waals surface area contributed by atoms with Crippen molar-refractivity contribution in [2.24, 2.45) is 5.16 Å². The van der Waals surface area contributed by atoms with Crippen molar-refractivity contribution in [3.8, 4) is 17.6 Å². The van der Waals surface area contributed by atoms with Crippen molar-refractivity contribution >= 4 is 38.1 Å². The van der Waals surface area contributed by atoms with Crippen LogP contribution in [0.5, 0.6) is 11.5 Å². The minimum atomic E-state index is 0.215. The molecular weight excluding hydrogens is 512 g/mol. The van der Waals surface area contributed by atoms with E-state index in [4.69, 9.17) is 19.6 Å². The van der Waals surface area contributed by atoms with Crippen molar-refractivity contribution in [1.29, 1.82) is 5.26 Å². The first-order valence-corrected chi connectivity index (χ1v) is 10.6. The molecule has 0 N–H and O–H groups in total. The molecule has 0 saturated carbocycles. The van der Waals surface area contributed by atoms with E-state index in [1.54, 1.807) is 19.4 Å². The Kier molecular flexibility index (Phi) is 7.89. The standard InChI is InChI=1S/C23H18Br2N2O3/c1-28-22-11-17(13-27-30-15-19-5-3-2-4-18(19)12-26)10-21(25)23(22)29-14-16-6-8-20(24)9-7-16/h2-11,13H,14-15H2,1H3/b27-13-. The molecule has 0 saturated heterocycles. The van der Waals surface area contributed by atoms with Crippen LogP contribution in [0, 0.1) is 11.3 Å². The van der Waals surface area contributed by atoms with E-state index in [0.29, 0.717) is 23.7 Å². The highest BCUT2D eigenvalue weighted by atomic mass is 79.9. The maximum absolute atomic E-state index is 9.12. The Balaban J connectivity index is 1.66. The first-order valence-electron chi connectivity index (χ1n) is 8.99. The summed E-state index contributed by atoms with van der Waals surface area (Å²) >= 11 is 6.96. The first-order chi connectivity index (χ1) is 14.6. The summed E-state index contributed by atoms with van der Waals surface area (Å²) in [7, 11) is 1.59. The third-order valence-electron chi connectivity index (χ3n) is 4.18. The Hall–Kier alpha value is -2.82. The summed E-state index contributed by atoms with van der Waals surface area (Å²) in [5.41, 5.74) is 3.18. The maximum atomic E-state index is 9.12. The fourth-order valence-corrected chi connectivity index (χ4v) is 3.49. The van der Waals surface area contributed by atoms with Crippen LogP contribution in [0.1, 0.15) is 22.3 Å². The number of nitriles is 1. The second-order valence-corrected chi connectivity index (χ2v) is 8.00. The lowest BCUT2D eigenvalue weighted by Crippen LogP contribution is -1.99. The lowest BCUT2D eigenvalue weighted by Gasteiger charge is -2.13. The number of benzene rings is 3. The molecule has 0 heterocycles. The molecule has 0 fully saturated rings. The van der Waals surface area contributed by atoms with Gasteiger partial charge in [-0.1, -0.05) is 51.4 Å². The average Bonchev–Trinajstić information content (AvgIpc) is 2.77. The van der Waals surface area contributed by atoms with Gasteiger partial charge in [-0.25, -0.2) is 0 Å². The van der Waals surface area contributed by atoms with Crippen LogP contribution in [0.2, 0.25) is 0 Å². The number of methoxy groups -OCH3 is 1. The van der Waals surface area contributed by atoms with E-state index in [1.807, 2.05) is 54.6 Å². The van der Waals surface area contributed by atoms with E-state index in [2.05, 4.69) is 43.1 Å². The summed E-state index contributed by atoms with van der Waals surface area (Å²) in [4.78, 5) is 5.35. The summed E-state index contributed by atoms with van der Waals surface area (Å²) in [6.45, 7) is 0.629. The molecule has 3 aromatic carbocycles. The number of rotatable bonds is 8. The monoisotopic (exact) mass is 528 g/mol. The topological polar surface area (TPSA) is 63.8 Å². The minimum Gasteiger partial charge on any atom is -0.493 e. The van der Waals surface area contributed by atoms with Gasteiger partial charge in [-0.2, -0.15) is 5.26 Å². The highest BCUT2D eigenvalue weighted by Gasteiger charge is 2.12. The van der Waals surface area contributed by atoms with E-state index < -0.39 is 0 Å². The largest absolute Gasteiger partial charge is 0.493 e. The molecule has 0 bridgehead atoms. The van der Waals surface area contributed by atoms with Gasteiger partial charge in [-0.05, 0) is 51.8 Å². The van der Waals surface area contributed by atoms with Gasteiger partial charge in [0, 0.05) is 15.6 Å². The molecule has 0 spiro atoms. The van der Waals surface area contributed by atoms with Gasteiger partial charge in [-0.15, -0.1) is 0 Å². The van der Waals surface area contributed by atoms with Crippen molar-refractivity contribution in [3.63, 3.8) is 0 Å². The molecule has 0 unspecified atom stereocenters. The van der Waals surface area contributed by atoms with Gasteiger partial charge in [0.05, 0.1) is 29.4 Å². The summed E-state index contributed by atoms with van der Waals surface area (Å²) in [6, 6.07) is 21.0. The summed E-state index contributed by atoms with van der Waals surface area (Å²) in [6.07, 6.45) is 1.58. The Bertz CT molecular complexity index is 1080. The van der Waals surface area contributed by atoms with Gasteiger partial charge in [-0.3, -0.25) is 0 Å². The van der Waals surface area contributed by atoms with Crippen molar-refractivity contribution < 1.29 is 14.3 Å². The molecule has 0 aliphatic heterocycles. The Morgan fingerprint density at radius 3 is 2.53 bits per heavy atom. The van der Waals surface area contributed by atoms with Crippen LogP contribution in [0.4, 0.5) is 0 Å². The van der Waals surface area contributed by atoms with Gasteiger partial charge in [0.25, 0.3) is 0 Å². The van der Waals surface area contributed by atoms with Gasteiger partial charge in [0.2, 0.25) is 0 Å². The Morgan fingerprint density at radius 2 is 1.80 bits per heavy atom. The van der Waals surface area contributed by atoms with E-state index >= 15 is 0 Å². The Labute approximate surface area is 192 Å². The van der Waals surface area contributed by atoms with E-state index in [-0.39, 0.29) is 6.61 Å². The zero-order valence-corrected chi connectivity index (χ0v) is 19.3. The van der Waals surface area contributed by atoms with Crippen LogP contribution in [-0.4, -0.2) is 13.3 Å². The predicted octanol–water partition coefficient (Wildman–Crippen LogP) is 6.22. The summed E-state index contributed by atoms with van der Waals surface area (Å²) in [5, 5.41) is 13.1. The van der Waals surface area contributed by atoms with Crippen LogP contribution in [-0.2, 0) is 18.1 Å². The maximum Gasteiger partial charge on any atom is 0.175 e. The summed E-state index contributed by atoms with van der Waals surface area (Å²) < 4.78 is 13.2. The highest BCUT2D eigenvalue weighted by molar-refractivity contribution is 9.10. The average molecular weight is 530 g/mol. The molecule has 3 rings (SSSR count). The number of ether oxygens (including phenoxy) is 2. The second kappa shape index (κ2) is 10.8. The van der Waals surface area contributed by atoms with Crippen LogP contribution < -0.4 is 9.47 Å². The van der Waals surface area contributed by atoms with Crippen molar-refractivity contribution in [2.75, 3.05) is 7.11 Å². The third kappa shape index (κ3) is 5.85. The zero-order valence-electron chi connectivity index (χ0n) is 16.1. The predicted molar refractivity (Wildman–Crippen MR) is 123 cm³/mol. The number of hydrogen-bond acceptors (Lipinski definition) is 5. The molecular formula is C23H18Br2N2O3. The molecule has 0 aliphatic rings. The third-order valence-corrected chi connectivity index (χ3v) is 5.30.